The van der Waals surface area contributed by atoms with Crippen LogP contribution >= 0.6 is 11.6 Å². The molecule has 0 saturated carbocycles. The van der Waals surface area contributed by atoms with Gasteiger partial charge in [0.25, 0.3) is 5.91 Å². The molecule has 5 rings (SSSR count). The lowest BCUT2D eigenvalue weighted by molar-refractivity contribution is -0.151. The number of halogens is 1. The average Bonchev–Trinajstić information content (AvgIpc) is 3.67. The first-order valence-electron chi connectivity index (χ1n) is 16.5. The van der Waals surface area contributed by atoms with Crippen molar-refractivity contribution in [3.8, 4) is 0 Å². The lowest BCUT2D eigenvalue weighted by Gasteiger charge is -2.37. The van der Waals surface area contributed by atoms with E-state index in [9.17, 15) is 19.5 Å². The maximum atomic E-state index is 14.9. The number of para-hydroxylation sites is 1. The number of rotatable bonds is 16. The molecule has 0 aliphatic carbocycles. The summed E-state index contributed by atoms with van der Waals surface area (Å²) in [6, 6.07) is 16.0. The molecule has 9 heteroatoms. The normalized spacial score (nSPS) is 26.2. The van der Waals surface area contributed by atoms with Gasteiger partial charge in [-0.1, -0.05) is 86.0 Å². The second kappa shape index (κ2) is 14.5. The van der Waals surface area contributed by atoms with Gasteiger partial charge in [0.2, 0.25) is 11.8 Å². The molecule has 3 saturated heterocycles. The molecule has 2 aromatic rings. The zero-order valence-electron chi connectivity index (χ0n) is 26.8. The van der Waals surface area contributed by atoms with Crippen molar-refractivity contribution in [2.24, 2.45) is 11.8 Å². The molecule has 0 aromatic heterocycles. The maximum absolute atomic E-state index is 14.9. The molecular weight excluding hydrogens is 602 g/mol. The molecule has 3 fully saturated rings. The first kappa shape index (κ1) is 33.9. The van der Waals surface area contributed by atoms with E-state index in [1.807, 2.05) is 49.4 Å². The number of amides is 3. The van der Waals surface area contributed by atoms with Gasteiger partial charge < -0.3 is 24.5 Å². The molecule has 5 atom stereocenters. The minimum absolute atomic E-state index is 0.115. The largest absolute Gasteiger partial charge is 0.396 e. The Morgan fingerprint density at radius 1 is 1.00 bits per heavy atom. The van der Waals surface area contributed by atoms with E-state index in [1.165, 1.54) is 0 Å². The second-order valence-corrected chi connectivity index (χ2v) is 13.1. The number of fused-ring (bicyclic) bond motifs is 1. The third-order valence-corrected chi connectivity index (χ3v) is 10.4. The molecule has 3 amide bonds. The van der Waals surface area contributed by atoms with Crippen LogP contribution in [0.15, 0.2) is 79.9 Å². The zero-order chi connectivity index (χ0) is 32.9. The molecule has 46 heavy (non-hydrogen) atoms. The van der Waals surface area contributed by atoms with E-state index in [1.54, 1.807) is 39.0 Å². The van der Waals surface area contributed by atoms with Crippen LogP contribution < -0.4 is 4.90 Å². The SMILES string of the molecule is C=CCN(Cc1ccccc1)C(=O)[C@H]1[C@H]2C(=O)N(CCCCCCO)C(C(=O)N(CC=C)c3ccccc3Cl)C23CC[C@]1(CC)O3. The predicted octanol–water partition coefficient (Wildman–Crippen LogP) is 5.78. The van der Waals surface area contributed by atoms with Gasteiger partial charge in [-0.2, -0.15) is 0 Å². The number of aliphatic hydroxyl groups excluding tert-OH is 1. The first-order chi connectivity index (χ1) is 22.3. The van der Waals surface area contributed by atoms with Crippen molar-refractivity contribution < 1.29 is 24.2 Å². The highest BCUT2D eigenvalue weighted by Gasteiger charge is 2.79. The molecule has 8 nitrogen and oxygen atoms in total. The summed E-state index contributed by atoms with van der Waals surface area (Å²) < 4.78 is 7.03. The molecule has 246 valence electrons. The Hall–Kier alpha value is -3.46. The molecular formula is C37H46ClN3O5. The van der Waals surface area contributed by atoms with Crippen LogP contribution in [-0.2, 0) is 25.7 Å². The van der Waals surface area contributed by atoms with Crippen LogP contribution in [0.1, 0.15) is 57.4 Å². The zero-order valence-corrected chi connectivity index (χ0v) is 27.5. The van der Waals surface area contributed by atoms with E-state index in [0.29, 0.717) is 62.4 Å². The van der Waals surface area contributed by atoms with Crippen molar-refractivity contribution >= 4 is 35.0 Å². The summed E-state index contributed by atoms with van der Waals surface area (Å²) in [6.45, 7) is 11.2. The van der Waals surface area contributed by atoms with Crippen molar-refractivity contribution in [3.05, 3.63) is 90.5 Å². The van der Waals surface area contributed by atoms with E-state index in [0.717, 1.165) is 18.4 Å². The van der Waals surface area contributed by atoms with Gasteiger partial charge in [-0.25, -0.2) is 0 Å². The quantitative estimate of drug-likeness (QED) is 0.184. The van der Waals surface area contributed by atoms with E-state index < -0.39 is 29.1 Å². The number of unbranched alkanes of at least 4 members (excludes halogenated alkanes) is 3. The fourth-order valence-corrected chi connectivity index (χ4v) is 8.24. The lowest BCUT2D eigenvalue weighted by atomic mass is 9.64. The van der Waals surface area contributed by atoms with Gasteiger partial charge in [0, 0.05) is 32.8 Å². The van der Waals surface area contributed by atoms with Gasteiger partial charge in [0.1, 0.15) is 11.6 Å². The Labute approximate surface area is 277 Å². The van der Waals surface area contributed by atoms with Crippen LogP contribution in [0.2, 0.25) is 5.02 Å². The van der Waals surface area contributed by atoms with Gasteiger partial charge in [0.15, 0.2) is 0 Å². The molecule has 3 heterocycles. The van der Waals surface area contributed by atoms with Crippen LogP contribution in [0, 0.1) is 11.8 Å². The van der Waals surface area contributed by atoms with Gasteiger partial charge in [-0.05, 0) is 49.8 Å². The number of carbonyl (C=O) groups excluding carboxylic acids is 3. The minimum atomic E-state index is -1.15. The number of aliphatic hydroxyl groups is 1. The van der Waals surface area contributed by atoms with Crippen molar-refractivity contribution in [2.45, 2.75) is 75.7 Å². The van der Waals surface area contributed by atoms with E-state index in [-0.39, 0.29) is 30.9 Å². The molecule has 3 aliphatic rings. The minimum Gasteiger partial charge on any atom is -0.396 e. The van der Waals surface area contributed by atoms with Gasteiger partial charge in [0.05, 0.1) is 28.1 Å². The van der Waals surface area contributed by atoms with Crippen LogP contribution in [0.5, 0.6) is 0 Å². The van der Waals surface area contributed by atoms with E-state index >= 15 is 0 Å². The number of likely N-dealkylation sites (tertiary alicyclic amines) is 1. The smallest absolute Gasteiger partial charge is 0.253 e. The molecule has 2 bridgehead atoms. The second-order valence-electron chi connectivity index (χ2n) is 12.7. The fraction of sp³-hybridized carbons (Fsp3) is 0.486. The van der Waals surface area contributed by atoms with Gasteiger partial charge in [-0.3, -0.25) is 14.4 Å². The van der Waals surface area contributed by atoms with Crippen LogP contribution in [-0.4, -0.2) is 76.1 Å². The van der Waals surface area contributed by atoms with Gasteiger partial charge >= 0.3 is 0 Å². The maximum Gasteiger partial charge on any atom is 0.253 e. The van der Waals surface area contributed by atoms with Crippen LogP contribution in [0.3, 0.4) is 0 Å². The molecule has 2 unspecified atom stereocenters. The summed E-state index contributed by atoms with van der Waals surface area (Å²) in [6.07, 6.45) is 7.96. The topological polar surface area (TPSA) is 90.4 Å². The Bertz CT molecular complexity index is 1440. The Balaban J connectivity index is 1.56. The van der Waals surface area contributed by atoms with Gasteiger partial charge in [-0.15, -0.1) is 13.2 Å². The molecule has 2 aromatic carbocycles. The Morgan fingerprint density at radius 2 is 1.70 bits per heavy atom. The monoisotopic (exact) mass is 647 g/mol. The third-order valence-electron chi connectivity index (χ3n) is 10.1. The highest BCUT2D eigenvalue weighted by molar-refractivity contribution is 6.34. The summed E-state index contributed by atoms with van der Waals surface area (Å²) in [4.78, 5) is 49.3. The number of anilines is 1. The number of hydrogen-bond donors (Lipinski definition) is 1. The lowest BCUT2D eigenvalue weighted by Crippen LogP contribution is -2.56. The van der Waals surface area contributed by atoms with Crippen LogP contribution in [0.4, 0.5) is 5.69 Å². The highest BCUT2D eigenvalue weighted by Crippen LogP contribution is 2.64. The highest BCUT2D eigenvalue weighted by atomic mass is 35.5. The summed E-state index contributed by atoms with van der Waals surface area (Å²) in [5.74, 6) is -2.16. The average molecular weight is 648 g/mol. The molecule has 0 radical (unpaired) electrons. The molecule has 3 aliphatic heterocycles. The van der Waals surface area contributed by atoms with E-state index in [4.69, 9.17) is 16.3 Å². The van der Waals surface area contributed by atoms with Crippen LogP contribution in [0.25, 0.3) is 0 Å². The fourth-order valence-electron chi connectivity index (χ4n) is 8.00. The number of benzene rings is 2. The van der Waals surface area contributed by atoms with Crippen molar-refractivity contribution in [3.63, 3.8) is 0 Å². The summed E-state index contributed by atoms with van der Waals surface area (Å²) >= 11 is 6.61. The Morgan fingerprint density at radius 3 is 2.37 bits per heavy atom. The summed E-state index contributed by atoms with van der Waals surface area (Å²) in [5, 5.41) is 9.69. The number of nitrogens with zero attached hydrogens (tertiary/aromatic N) is 3. The summed E-state index contributed by atoms with van der Waals surface area (Å²) in [5.41, 5.74) is -0.484. The number of hydrogen-bond acceptors (Lipinski definition) is 5. The number of carbonyl (C=O) groups is 3. The first-order valence-corrected chi connectivity index (χ1v) is 16.9. The standard InChI is InChI=1S/C37H46ClN3O5/c1-4-22-39(26-27-16-10-9-11-17-27)33(43)30-31-34(44)41(24-14-7-8-15-25-42)32(37(31)21-20-36(30,6-3)46-37)35(45)40(23-5-2)29-19-13-12-18-28(29)38/h4-5,9-13,16-19,30-32,42H,1-2,6-8,14-15,20-26H2,3H3/t30-,31+,32?,36+,37?/m1/s1. The molecule has 1 N–H and O–H groups in total. The summed E-state index contributed by atoms with van der Waals surface area (Å²) in [7, 11) is 0. The number of ether oxygens (including phenoxy) is 1. The van der Waals surface area contributed by atoms with Crippen molar-refractivity contribution in [2.75, 3.05) is 31.1 Å². The van der Waals surface area contributed by atoms with E-state index in [2.05, 4.69) is 13.2 Å². The molecule has 1 spiro atoms. The predicted molar refractivity (Wildman–Crippen MR) is 180 cm³/mol. The van der Waals surface area contributed by atoms with Crippen molar-refractivity contribution in [1.29, 1.82) is 0 Å². The van der Waals surface area contributed by atoms with Crippen molar-refractivity contribution in [1.82, 2.24) is 9.80 Å². The third kappa shape index (κ3) is 6.03. The Kier molecular flexibility index (Phi) is 10.7.